The van der Waals surface area contributed by atoms with Gasteiger partial charge in [0.2, 0.25) is 0 Å². The van der Waals surface area contributed by atoms with Crippen molar-refractivity contribution in [1.82, 2.24) is 0 Å². The van der Waals surface area contributed by atoms with Gasteiger partial charge in [-0.15, -0.1) is 11.3 Å². The fourth-order valence-corrected chi connectivity index (χ4v) is 3.92. The fourth-order valence-electron chi connectivity index (χ4n) is 2.31. The number of para-hydroxylation sites is 1. The van der Waals surface area contributed by atoms with Crippen LogP contribution in [0.2, 0.25) is 0 Å². The molecule has 1 nitrogen and oxygen atoms in total. The molecule has 0 fully saturated rings. The Balaban J connectivity index is 1.96. The fraction of sp³-hybridized carbons (Fsp3) is 0.176. The van der Waals surface area contributed by atoms with Crippen LogP contribution in [0.4, 0.5) is 0 Å². The second-order valence-corrected chi connectivity index (χ2v) is 6.61. The summed E-state index contributed by atoms with van der Waals surface area (Å²) in [6.07, 6.45) is 0.911. The smallest absolute Gasteiger partial charge is 0.136 e. The number of fused-ring (bicyclic) bond motifs is 1. The third-order valence-corrected chi connectivity index (χ3v) is 4.92. The van der Waals surface area contributed by atoms with Crippen molar-refractivity contribution in [2.24, 2.45) is 0 Å². The average Bonchev–Trinajstić information content (AvgIpc) is 2.85. The Morgan fingerprint density at radius 3 is 2.75 bits per heavy atom. The molecule has 0 N–H and O–H groups in total. The Morgan fingerprint density at radius 2 is 1.95 bits per heavy atom. The van der Waals surface area contributed by atoms with E-state index in [2.05, 4.69) is 58.4 Å². The molecule has 102 valence electrons. The Kier molecular flexibility index (Phi) is 4.08. The van der Waals surface area contributed by atoms with E-state index in [0.29, 0.717) is 6.61 Å². The van der Waals surface area contributed by atoms with Crippen LogP contribution >= 0.6 is 27.3 Å². The monoisotopic (exact) mass is 346 g/mol. The van der Waals surface area contributed by atoms with Gasteiger partial charge in [0.15, 0.2) is 0 Å². The van der Waals surface area contributed by atoms with Crippen LogP contribution in [0, 0.1) is 0 Å². The summed E-state index contributed by atoms with van der Waals surface area (Å²) < 4.78 is 8.14. The highest BCUT2D eigenvalue weighted by atomic mass is 79.9. The zero-order valence-electron chi connectivity index (χ0n) is 11.2. The molecule has 0 saturated carbocycles. The second kappa shape index (κ2) is 5.98. The molecule has 0 aliphatic heterocycles. The van der Waals surface area contributed by atoms with Crippen LogP contribution in [0.1, 0.15) is 17.4 Å². The number of halogens is 1. The number of rotatable bonds is 4. The van der Waals surface area contributed by atoms with E-state index in [1.165, 1.54) is 20.5 Å². The van der Waals surface area contributed by atoms with Gasteiger partial charge in [-0.25, -0.2) is 0 Å². The van der Waals surface area contributed by atoms with Crippen LogP contribution in [0.5, 0.6) is 5.75 Å². The molecule has 2 aromatic carbocycles. The molecule has 3 aromatic rings. The molecule has 3 heteroatoms. The Bertz CT molecular complexity index is 700. The number of hydrogen-bond acceptors (Lipinski definition) is 2. The summed E-state index contributed by atoms with van der Waals surface area (Å²) in [5.74, 6) is 0.965. The summed E-state index contributed by atoms with van der Waals surface area (Å²) in [6, 6.07) is 17.0. The quantitative estimate of drug-likeness (QED) is 0.592. The highest BCUT2D eigenvalue weighted by molar-refractivity contribution is 9.10. The van der Waals surface area contributed by atoms with Gasteiger partial charge in [-0.1, -0.05) is 30.3 Å². The molecule has 0 radical (unpaired) electrons. The van der Waals surface area contributed by atoms with Gasteiger partial charge in [-0.2, -0.15) is 0 Å². The lowest BCUT2D eigenvalue weighted by molar-refractivity contribution is 0.335. The van der Waals surface area contributed by atoms with Crippen molar-refractivity contribution in [3.63, 3.8) is 0 Å². The lowest BCUT2D eigenvalue weighted by Gasteiger charge is -2.11. The van der Waals surface area contributed by atoms with E-state index in [1.807, 2.05) is 24.3 Å². The first-order chi connectivity index (χ1) is 9.78. The summed E-state index contributed by atoms with van der Waals surface area (Å²) in [5.41, 5.74) is 1.23. The molecule has 1 aromatic heterocycles. The van der Waals surface area contributed by atoms with E-state index >= 15 is 0 Å². The van der Waals surface area contributed by atoms with E-state index in [-0.39, 0.29) is 0 Å². The molecule has 0 bridgehead atoms. The minimum absolute atomic E-state index is 0.683. The van der Waals surface area contributed by atoms with Crippen molar-refractivity contribution in [1.29, 1.82) is 0 Å². The van der Waals surface area contributed by atoms with Gasteiger partial charge >= 0.3 is 0 Å². The first-order valence-electron chi connectivity index (χ1n) is 6.65. The third-order valence-electron chi connectivity index (χ3n) is 3.18. The van der Waals surface area contributed by atoms with Crippen LogP contribution in [-0.2, 0) is 6.42 Å². The van der Waals surface area contributed by atoms with Crippen molar-refractivity contribution in [2.45, 2.75) is 13.3 Å². The minimum Gasteiger partial charge on any atom is -0.492 e. The molecule has 0 saturated heterocycles. The predicted octanol–water partition coefficient (Wildman–Crippen LogP) is 5.65. The molecule has 0 spiro atoms. The Morgan fingerprint density at radius 1 is 1.10 bits per heavy atom. The van der Waals surface area contributed by atoms with Gasteiger partial charge < -0.3 is 4.74 Å². The van der Waals surface area contributed by atoms with Crippen LogP contribution in [0.15, 0.2) is 53.0 Å². The van der Waals surface area contributed by atoms with Crippen molar-refractivity contribution in [2.75, 3.05) is 6.61 Å². The van der Waals surface area contributed by atoms with Gasteiger partial charge in [-0.3, -0.25) is 0 Å². The van der Waals surface area contributed by atoms with Crippen molar-refractivity contribution in [3.8, 4) is 5.75 Å². The highest BCUT2D eigenvalue weighted by Gasteiger charge is 2.10. The van der Waals surface area contributed by atoms with E-state index in [0.717, 1.165) is 16.6 Å². The zero-order valence-corrected chi connectivity index (χ0v) is 13.6. The zero-order chi connectivity index (χ0) is 13.9. The van der Waals surface area contributed by atoms with Crippen molar-refractivity contribution < 1.29 is 4.74 Å². The number of ether oxygens (including phenoxy) is 1. The molecule has 0 unspecified atom stereocenters. The molecule has 0 aliphatic rings. The van der Waals surface area contributed by atoms with Gasteiger partial charge in [0.25, 0.3) is 0 Å². The van der Waals surface area contributed by atoms with Gasteiger partial charge in [0, 0.05) is 21.6 Å². The molecular formula is C17H15BrOS. The molecule has 3 rings (SSSR count). The standard InChI is InChI=1S/C17H15BrOS/c1-2-19-17-13(7-5-8-15(17)18)11-14-10-12-6-3-4-9-16(12)20-14/h3-10H,2,11H2,1H3. The molecule has 0 amide bonds. The number of thiophene rings is 1. The molecular weight excluding hydrogens is 332 g/mol. The lowest BCUT2D eigenvalue weighted by Crippen LogP contribution is -1.97. The summed E-state index contributed by atoms with van der Waals surface area (Å²) in [4.78, 5) is 1.37. The molecule has 0 atom stereocenters. The van der Waals surface area contributed by atoms with Crippen LogP contribution in [-0.4, -0.2) is 6.61 Å². The van der Waals surface area contributed by atoms with E-state index in [4.69, 9.17) is 4.74 Å². The van der Waals surface area contributed by atoms with Crippen molar-refractivity contribution >= 4 is 37.4 Å². The topological polar surface area (TPSA) is 9.23 Å². The maximum absolute atomic E-state index is 5.77. The largest absolute Gasteiger partial charge is 0.492 e. The first-order valence-corrected chi connectivity index (χ1v) is 8.26. The number of benzene rings is 2. The summed E-state index contributed by atoms with van der Waals surface area (Å²) in [7, 11) is 0. The second-order valence-electron chi connectivity index (χ2n) is 4.59. The summed E-state index contributed by atoms with van der Waals surface area (Å²) in [6.45, 7) is 2.70. The van der Waals surface area contributed by atoms with Crippen LogP contribution in [0.25, 0.3) is 10.1 Å². The predicted molar refractivity (Wildman–Crippen MR) is 89.9 cm³/mol. The average molecular weight is 347 g/mol. The maximum atomic E-state index is 5.77. The van der Waals surface area contributed by atoms with Crippen LogP contribution < -0.4 is 4.74 Å². The van der Waals surface area contributed by atoms with Gasteiger partial charge in [0.05, 0.1) is 11.1 Å². The lowest BCUT2D eigenvalue weighted by atomic mass is 10.1. The normalized spacial score (nSPS) is 10.9. The van der Waals surface area contributed by atoms with E-state index < -0.39 is 0 Å². The maximum Gasteiger partial charge on any atom is 0.136 e. The van der Waals surface area contributed by atoms with Crippen molar-refractivity contribution in [3.05, 3.63) is 63.4 Å². The Labute approximate surface area is 131 Å². The molecule has 0 aliphatic carbocycles. The van der Waals surface area contributed by atoms with E-state index in [1.54, 1.807) is 0 Å². The van der Waals surface area contributed by atoms with Gasteiger partial charge in [0.1, 0.15) is 5.75 Å². The Hall–Kier alpha value is -1.32. The van der Waals surface area contributed by atoms with E-state index in [9.17, 15) is 0 Å². The summed E-state index contributed by atoms with van der Waals surface area (Å²) >= 11 is 5.43. The molecule has 1 heterocycles. The van der Waals surface area contributed by atoms with Crippen LogP contribution in [0.3, 0.4) is 0 Å². The third kappa shape index (κ3) is 2.74. The summed E-state index contributed by atoms with van der Waals surface area (Å²) in [5, 5.41) is 1.32. The first kappa shape index (κ1) is 13.7. The number of hydrogen-bond donors (Lipinski definition) is 0. The SMILES string of the molecule is CCOc1c(Br)cccc1Cc1cc2ccccc2s1. The van der Waals surface area contributed by atoms with Gasteiger partial charge in [-0.05, 0) is 46.4 Å². The highest BCUT2D eigenvalue weighted by Crippen LogP contribution is 2.33. The minimum atomic E-state index is 0.683. The molecule has 20 heavy (non-hydrogen) atoms.